The van der Waals surface area contributed by atoms with E-state index in [-0.39, 0.29) is 0 Å². The van der Waals surface area contributed by atoms with Gasteiger partial charge in [0.1, 0.15) is 5.82 Å². The van der Waals surface area contributed by atoms with Crippen LogP contribution in [0.5, 0.6) is 0 Å². The fourth-order valence-electron chi connectivity index (χ4n) is 1.79. The molecule has 0 amide bonds. The predicted molar refractivity (Wildman–Crippen MR) is 73.1 cm³/mol. The maximum Gasteiger partial charge on any atom is 0.159 e. The first-order chi connectivity index (χ1) is 8.99. The molecule has 0 fully saturated rings. The lowest BCUT2D eigenvalue weighted by molar-refractivity contribution is 0.507. The number of halogens is 5. The Labute approximate surface area is 122 Å². The van der Waals surface area contributed by atoms with Gasteiger partial charge in [0.25, 0.3) is 0 Å². The molecule has 0 aliphatic rings. The minimum absolute atomic E-state index is 0.296. The lowest BCUT2D eigenvalue weighted by Gasteiger charge is -2.13. The van der Waals surface area contributed by atoms with Crippen LogP contribution in [0.1, 0.15) is 16.0 Å². The van der Waals surface area contributed by atoms with Crippen molar-refractivity contribution in [3.05, 3.63) is 70.0 Å². The summed E-state index contributed by atoms with van der Waals surface area (Å²) in [6.45, 7) is 0. The summed E-state index contributed by atoms with van der Waals surface area (Å²) in [5, 5.41) is 0.296. The molecule has 1 unspecified atom stereocenters. The predicted octanol–water partition coefficient (Wildman–Crippen LogP) is 5.44. The highest BCUT2D eigenvalue weighted by Gasteiger charge is 2.17. The van der Waals surface area contributed by atoms with E-state index < -0.39 is 22.3 Å². The summed E-state index contributed by atoms with van der Waals surface area (Å²) in [6.07, 6.45) is 0.303. The molecule has 2 aromatic carbocycles. The van der Waals surface area contributed by atoms with Gasteiger partial charge in [-0.3, -0.25) is 0 Å². The van der Waals surface area contributed by atoms with Crippen LogP contribution in [0, 0.1) is 17.5 Å². The normalized spacial score (nSPS) is 12.5. The van der Waals surface area contributed by atoms with E-state index in [1.54, 1.807) is 6.07 Å². The average Bonchev–Trinajstić information content (AvgIpc) is 2.33. The monoisotopic (exact) mass is 348 g/mol. The van der Waals surface area contributed by atoms with Gasteiger partial charge >= 0.3 is 0 Å². The molecule has 0 heterocycles. The Morgan fingerprint density at radius 3 is 2.37 bits per heavy atom. The van der Waals surface area contributed by atoms with Crippen LogP contribution in [-0.4, -0.2) is 0 Å². The van der Waals surface area contributed by atoms with E-state index >= 15 is 0 Å². The number of hydrogen-bond donors (Lipinski definition) is 0. The molecular formula is C14H9BrClF3. The molecule has 0 radical (unpaired) electrons. The molecule has 2 rings (SSSR count). The number of benzene rings is 2. The molecule has 0 saturated carbocycles. The molecule has 100 valence electrons. The van der Waals surface area contributed by atoms with Gasteiger partial charge in [-0.1, -0.05) is 39.7 Å². The lowest BCUT2D eigenvalue weighted by Crippen LogP contribution is -2.00. The standard InChI is InChI=1S/C14H9BrClF3/c15-9(14-10(16)2-1-3-12(14)18)6-8-4-5-11(17)13(19)7-8/h1-5,7,9H,6H2. The third-order valence-electron chi connectivity index (χ3n) is 2.71. The first kappa shape index (κ1) is 14.4. The van der Waals surface area contributed by atoms with Crippen molar-refractivity contribution in [3.8, 4) is 0 Å². The van der Waals surface area contributed by atoms with E-state index in [1.807, 2.05) is 0 Å². The van der Waals surface area contributed by atoms with Crippen LogP contribution in [0.2, 0.25) is 5.02 Å². The van der Waals surface area contributed by atoms with Gasteiger partial charge in [-0.2, -0.15) is 0 Å². The van der Waals surface area contributed by atoms with Gasteiger partial charge in [-0.15, -0.1) is 0 Å². The van der Waals surface area contributed by atoms with Gasteiger partial charge in [0, 0.05) is 15.4 Å². The van der Waals surface area contributed by atoms with Gasteiger partial charge < -0.3 is 0 Å². The highest BCUT2D eigenvalue weighted by molar-refractivity contribution is 9.09. The van der Waals surface area contributed by atoms with E-state index in [0.717, 1.165) is 12.1 Å². The van der Waals surface area contributed by atoms with Gasteiger partial charge in [-0.25, -0.2) is 13.2 Å². The topological polar surface area (TPSA) is 0 Å². The molecular weight excluding hydrogens is 341 g/mol. The third kappa shape index (κ3) is 3.31. The van der Waals surface area contributed by atoms with E-state index in [9.17, 15) is 13.2 Å². The van der Waals surface area contributed by atoms with Gasteiger partial charge in [-0.05, 0) is 36.2 Å². The maximum atomic E-state index is 13.7. The Morgan fingerprint density at radius 2 is 1.74 bits per heavy atom. The van der Waals surface area contributed by atoms with E-state index in [4.69, 9.17) is 11.6 Å². The van der Waals surface area contributed by atoms with Crippen molar-refractivity contribution in [1.29, 1.82) is 0 Å². The summed E-state index contributed by atoms with van der Waals surface area (Å²) >= 11 is 9.27. The van der Waals surface area contributed by atoms with Crippen molar-refractivity contribution in [1.82, 2.24) is 0 Å². The average molecular weight is 350 g/mol. The molecule has 2 aromatic rings. The third-order valence-corrected chi connectivity index (χ3v) is 3.82. The fourth-order valence-corrected chi connectivity index (χ4v) is 3.05. The zero-order chi connectivity index (χ0) is 14.0. The smallest absolute Gasteiger partial charge is 0.159 e. The molecule has 0 aliphatic carbocycles. The number of rotatable bonds is 3. The van der Waals surface area contributed by atoms with Crippen molar-refractivity contribution in [2.45, 2.75) is 11.2 Å². The Kier molecular flexibility index (Phi) is 4.53. The van der Waals surface area contributed by atoms with Crippen LogP contribution in [0.3, 0.4) is 0 Å². The molecule has 0 saturated heterocycles. The van der Waals surface area contributed by atoms with Crippen molar-refractivity contribution < 1.29 is 13.2 Å². The molecule has 0 spiro atoms. The molecule has 0 aromatic heterocycles. The summed E-state index contributed by atoms with van der Waals surface area (Å²) in [5.74, 6) is -2.26. The van der Waals surface area contributed by atoms with Crippen LogP contribution in [0.15, 0.2) is 36.4 Å². The molecule has 1 atom stereocenters. The molecule has 0 N–H and O–H groups in total. The van der Waals surface area contributed by atoms with E-state index in [2.05, 4.69) is 15.9 Å². The second kappa shape index (κ2) is 5.97. The van der Waals surface area contributed by atoms with Crippen LogP contribution >= 0.6 is 27.5 Å². The van der Waals surface area contributed by atoms with E-state index in [0.29, 0.717) is 22.6 Å². The molecule has 0 bridgehead atoms. The Bertz CT molecular complexity index is 581. The summed E-state index contributed by atoms with van der Waals surface area (Å²) in [6, 6.07) is 8.01. The van der Waals surface area contributed by atoms with Crippen LogP contribution < -0.4 is 0 Å². The first-order valence-corrected chi connectivity index (χ1v) is 6.80. The highest BCUT2D eigenvalue weighted by Crippen LogP contribution is 2.34. The van der Waals surface area contributed by atoms with Crippen molar-refractivity contribution in [3.63, 3.8) is 0 Å². The molecule has 5 heteroatoms. The van der Waals surface area contributed by atoms with Gasteiger partial charge in [0.05, 0.1) is 0 Å². The Morgan fingerprint density at radius 1 is 1.00 bits per heavy atom. The first-order valence-electron chi connectivity index (χ1n) is 5.51. The van der Waals surface area contributed by atoms with Crippen molar-refractivity contribution >= 4 is 27.5 Å². The summed E-state index contributed by atoms with van der Waals surface area (Å²) in [7, 11) is 0. The minimum atomic E-state index is -0.920. The summed E-state index contributed by atoms with van der Waals surface area (Å²) < 4.78 is 39.6. The Hall–Kier alpha value is -1.00. The van der Waals surface area contributed by atoms with Crippen LogP contribution in [-0.2, 0) is 6.42 Å². The molecule has 0 nitrogen and oxygen atoms in total. The second-order valence-electron chi connectivity index (χ2n) is 4.06. The fraction of sp³-hybridized carbons (Fsp3) is 0.143. The zero-order valence-electron chi connectivity index (χ0n) is 9.64. The second-order valence-corrected chi connectivity index (χ2v) is 5.57. The zero-order valence-corrected chi connectivity index (χ0v) is 12.0. The maximum absolute atomic E-state index is 13.7. The molecule has 19 heavy (non-hydrogen) atoms. The lowest BCUT2D eigenvalue weighted by atomic mass is 10.0. The van der Waals surface area contributed by atoms with Gasteiger partial charge in [0.2, 0.25) is 0 Å². The van der Waals surface area contributed by atoms with Crippen LogP contribution in [0.25, 0.3) is 0 Å². The highest BCUT2D eigenvalue weighted by atomic mass is 79.9. The number of hydrogen-bond acceptors (Lipinski definition) is 0. The van der Waals surface area contributed by atoms with Crippen molar-refractivity contribution in [2.24, 2.45) is 0 Å². The van der Waals surface area contributed by atoms with Gasteiger partial charge in [0.15, 0.2) is 11.6 Å². The largest absolute Gasteiger partial charge is 0.207 e. The van der Waals surface area contributed by atoms with E-state index in [1.165, 1.54) is 18.2 Å². The van der Waals surface area contributed by atoms with Crippen LogP contribution in [0.4, 0.5) is 13.2 Å². The van der Waals surface area contributed by atoms with Crippen molar-refractivity contribution in [2.75, 3.05) is 0 Å². The molecule has 0 aliphatic heterocycles. The summed E-state index contributed by atoms with van der Waals surface area (Å²) in [5.41, 5.74) is 0.869. The quantitative estimate of drug-likeness (QED) is 0.648. The summed E-state index contributed by atoms with van der Waals surface area (Å²) in [4.78, 5) is -0.411. The minimum Gasteiger partial charge on any atom is -0.207 e. The SMILES string of the molecule is Fc1ccc(CC(Br)c2c(F)cccc2Cl)cc1F. The number of alkyl halides is 1. The Balaban J connectivity index is 2.25.